The SMILES string of the molecule is Cc1ccc(C(O)=C2C(=O)C(=O)N(CCCO)[C@H]2c2ccc(F)cc2)cc1. The molecule has 1 amide bonds. The first-order valence-electron chi connectivity index (χ1n) is 8.66. The van der Waals surface area contributed by atoms with Crippen molar-refractivity contribution in [2.45, 2.75) is 19.4 Å². The number of halogens is 1. The quantitative estimate of drug-likeness (QED) is 0.483. The Labute approximate surface area is 156 Å². The average Bonchev–Trinajstić information content (AvgIpc) is 2.91. The van der Waals surface area contributed by atoms with Crippen molar-refractivity contribution in [3.05, 3.63) is 76.6 Å². The number of aliphatic hydroxyl groups excluding tert-OH is 2. The predicted octanol–water partition coefficient (Wildman–Crippen LogP) is 2.94. The Morgan fingerprint density at radius 1 is 1.07 bits per heavy atom. The van der Waals surface area contributed by atoms with Crippen LogP contribution in [0, 0.1) is 12.7 Å². The van der Waals surface area contributed by atoms with Gasteiger partial charge in [-0.3, -0.25) is 9.59 Å². The van der Waals surface area contributed by atoms with Crippen LogP contribution in [0.15, 0.2) is 54.1 Å². The van der Waals surface area contributed by atoms with E-state index in [4.69, 9.17) is 5.11 Å². The normalized spacial score (nSPS) is 18.9. The lowest BCUT2D eigenvalue weighted by Gasteiger charge is -2.25. The first-order chi connectivity index (χ1) is 12.9. The summed E-state index contributed by atoms with van der Waals surface area (Å²) in [5.74, 6) is -2.24. The minimum absolute atomic E-state index is 0.0339. The minimum atomic E-state index is -0.835. The van der Waals surface area contributed by atoms with Gasteiger partial charge in [0.2, 0.25) is 0 Å². The maximum atomic E-state index is 13.3. The zero-order valence-corrected chi connectivity index (χ0v) is 14.9. The second-order valence-electron chi connectivity index (χ2n) is 6.49. The summed E-state index contributed by atoms with van der Waals surface area (Å²) in [5.41, 5.74) is 1.90. The second kappa shape index (κ2) is 7.72. The zero-order chi connectivity index (χ0) is 19.6. The Hall–Kier alpha value is -2.99. The molecular formula is C21H20FNO4. The third-order valence-electron chi connectivity index (χ3n) is 4.61. The molecule has 1 aliphatic rings. The molecule has 1 saturated heterocycles. The number of rotatable bonds is 5. The molecule has 1 aliphatic heterocycles. The van der Waals surface area contributed by atoms with E-state index in [1.165, 1.54) is 29.2 Å². The van der Waals surface area contributed by atoms with E-state index in [1.807, 2.05) is 6.92 Å². The maximum absolute atomic E-state index is 13.3. The first-order valence-corrected chi connectivity index (χ1v) is 8.66. The molecule has 140 valence electrons. The predicted molar refractivity (Wildman–Crippen MR) is 98.3 cm³/mol. The van der Waals surface area contributed by atoms with Crippen LogP contribution in [-0.2, 0) is 9.59 Å². The number of ketones is 1. The van der Waals surface area contributed by atoms with Crippen molar-refractivity contribution >= 4 is 17.4 Å². The molecule has 0 aliphatic carbocycles. The molecule has 1 heterocycles. The van der Waals surface area contributed by atoms with Gasteiger partial charge in [-0.25, -0.2) is 4.39 Å². The topological polar surface area (TPSA) is 77.8 Å². The van der Waals surface area contributed by atoms with E-state index in [0.29, 0.717) is 11.1 Å². The molecule has 2 N–H and O–H groups in total. The van der Waals surface area contributed by atoms with E-state index < -0.39 is 23.5 Å². The Kier molecular flexibility index (Phi) is 5.37. The van der Waals surface area contributed by atoms with Gasteiger partial charge >= 0.3 is 0 Å². The van der Waals surface area contributed by atoms with Gasteiger partial charge in [-0.1, -0.05) is 42.0 Å². The third-order valence-corrected chi connectivity index (χ3v) is 4.61. The lowest BCUT2D eigenvalue weighted by atomic mass is 9.95. The number of carbonyl (C=O) groups is 2. The summed E-state index contributed by atoms with van der Waals surface area (Å²) in [5, 5.41) is 19.9. The van der Waals surface area contributed by atoms with Crippen LogP contribution in [0.3, 0.4) is 0 Å². The molecule has 5 nitrogen and oxygen atoms in total. The molecule has 0 unspecified atom stereocenters. The van der Waals surface area contributed by atoms with Crippen molar-refractivity contribution in [3.8, 4) is 0 Å². The number of Topliss-reactive ketones (excluding diaryl/α,β-unsaturated/α-hetero) is 1. The fourth-order valence-electron chi connectivity index (χ4n) is 3.21. The van der Waals surface area contributed by atoms with Crippen LogP contribution in [-0.4, -0.2) is 40.0 Å². The van der Waals surface area contributed by atoms with E-state index >= 15 is 0 Å². The van der Waals surface area contributed by atoms with Crippen molar-refractivity contribution < 1.29 is 24.2 Å². The number of nitrogens with zero attached hydrogens (tertiary/aromatic N) is 1. The van der Waals surface area contributed by atoms with Crippen LogP contribution in [0.25, 0.3) is 5.76 Å². The Morgan fingerprint density at radius 3 is 2.30 bits per heavy atom. The Morgan fingerprint density at radius 2 is 1.70 bits per heavy atom. The lowest BCUT2D eigenvalue weighted by Crippen LogP contribution is -2.31. The van der Waals surface area contributed by atoms with Gasteiger partial charge in [-0.2, -0.15) is 0 Å². The van der Waals surface area contributed by atoms with Crippen LogP contribution in [0.4, 0.5) is 4.39 Å². The van der Waals surface area contributed by atoms with E-state index in [0.717, 1.165) is 5.56 Å². The summed E-state index contributed by atoms with van der Waals surface area (Å²) in [4.78, 5) is 26.5. The van der Waals surface area contributed by atoms with E-state index in [-0.39, 0.29) is 30.9 Å². The number of aryl methyl sites for hydroxylation is 1. The van der Waals surface area contributed by atoms with E-state index in [9.17, 15) is 19.1 Å². The molecule has 0 bridgehead atoms. The van der Waals surface area contributed by atoms with Crippen LogP contribution in [0.1, 0.15) is 29.2 Å². The summed E-state index contributed by atoms with van der Waals surface area (Å²) in [6, 6.07) is 11.6. The van der Waals surface area contributed by atoms with Crippen LogP contribution < -0.4 is 0 Å². The Bertz CT molecular complexity index is 887. The standard InChI is InChI=1S/C21H20FNO4/c1-13-3-5-15(6-4-13)19(25)17-18(14-7-9-16(22)10-8-14)23(11-2-12-24)21(27)20(17)26/h3-10,18,24-25H,2,11-12H2,1H3/t18-/m0/s1. The summed E-state index contributed by atoms with van der Waals surface area (Å²) >= 11 is 0. The number of benzene rings is 2. The summed E-state index contributed by atoms with van der Waals surface area (Å²) in [6.07, 6.45) is 0.287. The molecule has 2 aromatic carbocycles. The molecule has 6 heteroatoms. The van der Waals surface area contributed by atoms with Gasteiger partial charge in [0.25, 0.3) is 11.7 Å². The van der Waals surface area contributed by atoms with E-state index in [2.05, 4.69) is 0 Å². The molecule has 1 atom stereocenters. The molecule has 27 heavy (non-hydrogen) atoms. The van der Waals surface area contributed by atoms with Crippen LogP contribution >= 0.6 is 0 Å². The fourth-order valence-corrected chi connectivity index (χ4v) is 3.21. The molecule has 1 fully saturated rings. The zero-order valence-electron chi connectivity index (χ0n) is 14.9. The van der Waals surface area contributed by atoms with Crippen LogP contribution in [0.2, 0.25) is 0 Å². The summed E-state index contributed by atoms with van der Waals surface area (Å²) in [6.45, 7) is 1.90. The highest BCUT2D eigenvalue weighted by atomic mass is 19.1. The molecule has 0 saturated carbocycles. The van der Waals surface area contributed by atoms with Crippen molar-refractivity contribution in [2.24, 2.45) is 0 Å². The minimum Gasteiger partial charge on any atom is -0.507 e. The monoisotopic (exact) mass is 369 g/mol. The first kappa shape index (κ1) is 18.8. The number of aliphatic hydroxyl groups is 2. The van der Waals surface area contributed by atoms with Gasteiger partial charge in [0, 0.05) is 18.7 Å². The van der Waals surface area contributed by atoms with Gasteiger partial charge in [-0.05, 0) is 31.0 Å². The van der Waals surface area contributed by atoms with E-state index in [1.54, 1.807) is 24.3 Å². The van der Waals surface area contributed by atoms with Gasteiger partial charge in [0.05, 0.1) is 11.6 Å². The molecule has 0 spiro atoms. The van der Waals surface area contributed by atoms with Gasteiger partial charge in [0.1, 0.15) is 11.6 Å². The van der Waals surface area contributed by atoms with Crippen molar-refractivity contribution in [2.75, 3.05) is 13.2 Å². The van der Waals surface area contributed by atoms with Crippen LogP contribution in [0.5, 0.6) is 0 Å². The highest BCUT2D eigenvalue weighted by Crippen LogP contribution is 2.39. The number of carbonyl (C=O) groups excluding carboxylic acids is 2. The van der Waals surface area contributed by atoms with Crippen molar-refractivity contribution in [3.63, 3.8) is 0 Å². The molecular weight excluding hydrogens is 349 g/mol. The molecule has 3 rings (SSSR count). The summed E-state index contributed by atoms with van der Waals surface area (Å²) < 4.78 is 13.3. The number of likely N-dealkylation sites (tertiary alicyclic amines) is 1. The molecule has 0 aromatic heterocycles. The highest BCUT2D eigenvalue weighted by Gasteiger charge is 2.45. The summed E-state index contributed by atoms with van der Waals surface area (Å²) in [7, 11) is 0. The lowest BCUT2D eigenvalue weighted by molar-refractivity contribution is -0.140. The highest BCUT2D eigenvalue weighted by molar-refractivity contribution is 6.46. The number of amides is 1. The van der Waals surface area contributed by atoms with Gasteiger partial charge in [-0.15, -0.1) is 0 Å². The van der Waals surface area contributed by atoms with Gasteiger partial charge < -0.3 is 15.1 Å². The second-order valence-corrected chi connectivity index (χ2v) is 6.49. The average molecular weight is 369 g/mol. The third kappa shape index (κ3) is 3.61. The fraction of sp³-hybridized carbons (Fsp3) is 0.238. The molecule has 0 radical (unpaired) electrons. The smallest absolute Gasteiger partial charge is 0.295 e. The Balaban J connectivity index is 2.14. The largest absolute Gasteiger partial charge is 0.507 e. The van der Waals surface area contributed by atoms with Crippen molar-refractivity contribution in [1.82, 2.24) is 4.90 Å². The number of hydrogen-bond donors (Lipinski definition) is 2. The number of hydrogen-bond acceptors (Lipinski definition) is 4. The van der Waals surface area contributed by atoms with Gasteiger partial charge in [0.15, 0.2) is 0 Å². The van der Waals surface area contributed by atoms with Crippen molar-refractivity contribution in [1.29, 1.82) is 0 Å². The maximum Gasteiger partial charge on any atom is 0.295 e. The molecule has 2 aromatic rings.